The van der Waals surface area contributed by atoms with Gasteiger partial charge in [-0.05, 0) is 45.2 Å². The van der Waals surface area contributed by atoms with Crippen LogP contribution in [0.3, 0.4) is 0 Å². The van der Waals surface area contributed by atoms with Gasteiger partial charge in [0.2, 0.25) is 5.91 Å². The zero-order chi connectivity index (χ0) is 13.1. The van der Waals surface area contributed by atoms with Crippen LogP contribution >= 0.6 is 0 Å². The molecular weight excluding hydrogens is 214 g/mol. The molecule has 100 valence electrons. The van der Waals surface area contributed by atoms with Crippen molar-refractivity contribution in [3.05, 3.63) is 0 Å². The molecule has 0 bridgehead atoms. The highest BCUT2D eigenvalue weighted by atomic mass is 16.2. The number of likely N-dealkylation sites (tertiary alicyclic amines) is 1. The zero-order valence-corrected chi connectivity index (χ0v) is 11.6. The normalized spacial score (nSPS) is 29.0. The second-order valence-electron chi connectivity index (χ2n) is 5.73. The molecule has 0 aliphatic carbocycles. The van der Waals surface area contributed by atoms with E-state index < -0.39 is 0 Å². The monoisotopic (exact) mass is 241 g/mol. The van der Waals surface area contributed by atoms with E-state index in [1.165, 1.54) is 0 Å². The molecule has 3 N–H and O–H groups in total. The number of amides is 1. The van der Waals surface area contributed by atoms with Gasteiger partial charge in [-0.25, -0.2) is 0 Å². The van der Waals surface area contributed by atoms with Crippen molar-refractivity contribution >= 4 is 5.91 Å². The van der Waals surface area contributed by atoms with Crippen LogP contribution in [0, 0.1) is 5.41 Å². The van der Waals surface area contributed by atoms with Crippen LogP contribution in [0.25, 0.3) is 0 Å². The summed E-state index contributed by atoms with van der Waals surface area (Å²) in [4.78, 5) is 14.3. The Morgan fingerprint density at radius 2 is 2.18 bits per heavy atom. The third-order valence-electron chi connectivity index (χ3n) is 4.01. The molecule has 1 rings (SSSR count). The number of nitrogens with one attached hydrogen (secondary N) is 1. The van der Waals surface area contributed by atoms with Crippen molar-refractivity contribution in [2.75, 3.05) is 19.6 Å². The summed E-state index contributed by atoms with van der Waals surface area (Å²) in [7, 11) is 0. The molecule has 1 amide bonds. The molecule has 1 fully saturated rings. The molecule has 0 aromatic heterocycles. The summed E-state index contributed by atoms with van der Waals surface area (Å²) < 4.78 is 0. The Morgan fingerprint density at radius 3 is 2.65 bits per heavy atom. The lowest BCUT2D eigenvalue weighted by Crippen LogP contribution is -2.47. The van der Waals surface area contributed by atoms with Crippen LogP contribution in [0.2, 0.25) is 0 Å². The van der Waals surface area contributed by atoms with Gasteiger partial charge >= 0.3 is 0 Å². The van der Waals surface area contributed by atoms with Crippen LogP contribution in [0.15, 0.2) is 0 Å². The molecule has 1 saturated heterocycles. The van der Waals surface area contributed by atoms with E-state index >= 15 is 0 Å². The number of carbonyl (C=O) groups is 1. The Bertz CT molecular complexity index is 269. The number of hydrogen-bond donors (Lipinski definition) is 2. The van der Waals surface area contributed by atoms with Crippen molar-refractivity contribution in [3.63, 3.8) is 0 Å². The summed E-state index contributed by atoms with van der Waals surface area (Å²) >= 11 is 0. The van der Waals surface area contributed by atoms with E-state index in [-0.39, 0.29) is 23.4 Å². The number of rotatable bonds is 5. The fourth-order valence-electron chi connectivity index (χ4n) is 2.19. The first-order valence-corrected chi connectivity index (χ1v) is 6.66. The minimum atomic E-state index is -0.0441. The van der Waals surface area contributed by atoms with Crippen molar-refractivity contribution in [2.45, 2.75) is 52.6 Å². The Kier molecular flexibility index (Phi) is 4.95. The minimum absolute atomic E-state index is 0.0441. The van der Waals surface area contributed by atoms with Crippen molar-refractivity contribution in [1.82, 2.24) is 10.2 Å². The van der Waals surface area contributed by atoms with Gasteiger partial charge in [0.1, 0.15) is 0 Å². The maximum absolute atomic E-state index is 12.0. The summed E-state index contributed by atoms with van der Waals surface area (Å²) in [6, 6.07) is 0.214. The average molecular weight is 241 g/mol. The van der Waals surface area contributed by atoms with Crippen molar-refractivity contribution in [2.24, 2.45) is 11.1 Å². The third kappa shape index (κ3) is 3.68. The lowest BCUT2D eigenvalue weighted by molar-refractivity contribution is -0.126. The summed E-state index contributed by atoms with van der Waals surface area (Å²) in [5, 5.41) is 3.04. The van der Waals surface area contributed by atoms with Gasteiger partial charge in [-0.1, -0.05) is 13.8 Å². The van der Waals surface area contributed by atoms with E-state index in [0.29, 0.717) is 6.54 Å². The molecule has 0 aromatic carbocycles. The van der Waals surface area contributed by atoms with Crippen LogP contribution in [-0.2, 0) is 4.79 Å². The predicted molar refractivity (Wildman–Crippen MR) is 70.7 cm³/mol. The van der Waals surface area contributed by atoms with Gasteiger partial charge in [0, 0.05) is 12.6 Å². The summed E-state index contributed by atoms with van der Waals surface area (Å²) in [5.74, 6) is 0.139. The molecule has 3 unspecified atom stereocenters. The van der Waals surface area contributed by atoms with Gasteiger partial charge in [0.05, 0.1) is 6.04 Å². The molecule has 1 aliphatic rings. The molecule has 17 heavy (non-hydrogen) atoms. The van der Waals surface area contributed by atoms with Crippen molar-refractivity contribution in [1.29, 1.82) is 0 Å². The van der Waals surface area contributed by atoms with E-state index in [9.17, 15) is 4.79 Å². The maximum Gasteiger partial charge on any atom is 0.237 e. The second-order valence-corrected chi connectivity index (χ2v) is 5.73. The first kappa shape index (κ1) is 14.5. The molecule has 0 spiro atoms. The summed E-state index contributed by atoms with van der Waals surface area (Å²) in [6.07, 6.45) is 2.06. The van der Waals surface area contributed by atoms with Gasteiger partial charge in [-0.2, -0.15) is 0 Å². The number of hydrogen-bond acceptors (Lipinski definition) is 3. The molecule has 1 aliphatic heterocycles. The Morgan fingerprint density at radius 1 is 1.53 bits per heavy atom. The first-order valence-electron chi connectivity index (χ1n) is 6.66. The smallest absolute Gasteiger partial charge is 0.237 e. The Balaban J connectivity index is 2.49. The zero-order valence-electron chi connectivity index (χ0n) is 11.6. The SMILES string of the molecule is CCC(C)NC(=O)C(C)N1CCC(C)(CN)C1. The van der Waals surface area contributed by atoms with Gasteiger partial charge in [0.15, 0.2) is 0 Å². The molecular formula is C13H27N3O. The van der Waals surface area contributed by atoms with Crippen molar-refractivity contribution < 1.29 is 4.79 Å². The van der Waals surface area contributed by atoms with Crippen LogP contribution < -0.4 is 11.1 Å². The van der Waals surface area contributed by atoms with Crippen LogP contribution in [0.4, 0.5) is 0 Å². The third-order valence-corrected chi connectivity index (χ3v) is 4.01. The quantitative estimate of drug-likeness (QED) is 0.754. The van der Waals surface area contributed by atoms with Gasteiger partial charge in [0.25, 0.3) is 0 Å². The van der Waals surface area contributed by atoms with E-state index in [4.69, 9.17) is 5.73 Å². The van der Waals surface area contributed by atoms with Gasteiger partial charge in [-0.15, -0.1) is 0 Å². The summed E-state index contributed by atoms with van der Waals surface area (Å²) in [5.41, 5.74) is 5.97. The molecule has 4 nitrogen and oxygen atoms in total. The average Bonchev–Trinajstić information content (AvgIpc) is 2.71. The second kappa shape index (κ2) is 5.83. The standard InChI is InChI=1S/C13H27N3O/c1-5-10(2)15-12(17)11(3)16-7-6-13(4,8-14)9-16/h10-11H,5-9,14H2,1-4H3,(H,15,17). The minimum Gasteiger partial charge on any atom is -0.352 e. The highest BCUT2D eigenvalue weighted by molar-refractivity contribution is 5.81. The van der Waals surface area contributed by atoms with E-state index in [1.807, 2.05) is 13.8 Å². The molecule has 3 atom stereocenters. The largest absolute Gasteiger partial charge is 0.352 e. The number of nitrogens with two attached hydrogens (primary N) is 1. The molecule has 4 heteroatoms. The van der Waals surface area contributed by atoms with Crippen LogP contribution in [0.1, 0.15) is 40.5 Å². The lowest BCUT2D eigenvalue weighted by atomic mass is 9.90. The van der Waals surface area contributed by atoms with E-state index in [1.54, 1.807) is 0 Å². The van der Waals surface area contributed by atoms with E-state index in [0.717, 1.165) is 25.9 Å². The number of nitrogens with zero attached hydrogens (tertiary/aromatic N) is 1. The Labute approximate surface area is 105 Å². The van der Waals surface area contributed by atoms with Gasteiger partial charge in [-0.3, -0.25) is 9.69 Å². The topological polar surface area (TPSA) is 58.4 Å². The van der Waals surface area contributed by atoms with Crippen LogP contribution in [0.5, 0.6) is 0 Å². The molecule has 1 heterocycles. The maximum atomic E-state index is 12.0. The highest BCUT2D eigenvalue weighted by Crippen LogP contribution is 2.29. The fraction of sp³-hybridized carbons (Fsp3) is 0.923. The summed E-state index contributed by atoms with van der Waals surface area (Å²) in [6.45, 7) is 10.9. The highest BCUT2D eigenvalue weighted by Gasteiger charge is 2.36. The molecule has 0 radical (unpaired) electrons. The number of carbonyl (C=O) groups excluding carboxylic acids is 1. The van der Waals surface area contributed by atoms with Crippen molar-refractivity contribution in [3.8, 4) is 0 Å². The Hall–Kier alpha value is -0.610. The van der Waals surface area contributed by atoms with Gasteiger partial charge < -0.3 is 11.1 Å². The van der Waals surface area contributed by atoms with Crippen LogP contribution in [-0.4, -0.2) is 42.5 Å². The van der Waals surface area contributed by atoms with E-state index in [2.05, 4.69) is 24.1 Å². The lowest BCUT2D eigenvalue weighted by Gasteiger charge is -2.27. The molecule has 0 saturated carbocycles. The molecule has 0 aromatic rings. The fourth-order valence-corrected chi connectivity index (χ4v) is 2.19. The predicted octanol–water partition coefficient (Wildman–Crippen LogP) is 0.960. The first-order chi connectivity index (χ1) is 7.91.